The molecule has 1 aliphatic heterocycles. The van der Waals surface area contributed by atoms with Crippen molar-refractivity contribution in [3.8, 4) is 22.6 Å². The van der Waals surface area contributed by atoms with Crippen molar-refractivity contribution >= 4 is 49.1 Å². The number of anilines is 1. The van der Waals surface area contributed by atoms with Gasteiger partial charge in [0.1, 0.15) is 34.8 Å². The number of nitrogens with one attached hydrogen (secondary N) is 3. The van der Waals surface area contributed by atoms with Crippen molar-refractivity contribution in [3.05, 3.63) is 179 Å². The third-order valence-corrected chi connectivity index (χ3v) is 13.3. The number of rotatable bonds is 17. The fraction of sp³-hybridized carbons (Fsp3) is 0.273. The molecule has 6 aromatic carbocycles. The minimum atomic E-state index is -4.52. The molecular formula is C55H59N4O11PS. The molecule has 0 bridgehead atoms. The monoisotopic (exact) mass is 1010 g/mol. The van der Waals surface area contributed by atoms with Gasteiger partial charge in [0, 0.05) is 4.90 Å². The maximum absolute atomic E-state index is 15.4. The zero-order valence-corrected chi connectivity index (χ0v) is 42.8. The number of carbonyl (C=O) groups excluding carboxylic acids is 4. The molecule has 0 aliphatic carbocycles. The van der Waals surface area contributed by atoms with Crippen LogP contribution >= 0.6 is 19.6 Å². The predicted octanol–water partition coefficient (Wildman–Crippen LogP) is 10.5. The third-order valence-electron chi connectivity index (χ3n) is 11.0. The lowest BCUT2D eigenvalue weighted by Crippen LogP contribution is -2.58. The van der Waals surface area contributed by atoms with Gasteiger partial charge in [0.05, 0.1) is 36.8 Å². The number of amides is 3. The number of methoxy groups -OCH3 is 1. The van der Waals surface area contributed by atoms with Crippen LogP contribution in [0.2, 0.25) is 0 Å². The average molecular weight is 1020 g/mol. The van der Waals surface area contributed by atoms with Crippen molar-refractivity contribution < 1.29 is 51.9 Å². The number of carbonyl (C=O) groups is 4. The number of ether oxygens (including phenoxy) is 3. The van der Waals surface area contributed by atoms with E-state index in [-0.39, 0.29) is 25.3 Å². The second-order valence-corrected chi connectivity index (χ2v) is 21.5. The summed E-state index contributed by atoms with van der Waals surface area (Å²) in [6.45, 7) is 10.6. The van der Waals surface area contributed by atoms with Crippen LogP contribution in [0.1, 0.15) is 79.4 Å². The van der Waals surface area contributed by atoms with Crippen molar-refractivity contribution in [1.82, 2.24) is 16.2 Å². The highest BCUT2D eigenvalue weighted by Gasteiger charge is 2.41. The standard InChI is InChI=1S/C55H59N4O11PS/c1-54(2,3)68-52(62)44-18-12-11-17-43(44)39-25-21-37(22-26-39)34-59-46-19-13-14-20-47(46)72-49(40-27-31-41(66-7)32-28-40)48(51(59)61)56-50(60)45(57-58-53(63)69-55(4,5)6)33-36-23-29-42(30-24-36)70-71(64,65)67-35-38-15-9-8-10-16-38/h8-32,45,48-49,57H,33-35H2,1-7H3,(H,56,60)(H,58,63)(H,64,65)/t45-,48+,49+/m0/s1. The molecule has 376 valence electrons. The first-order chi connectivity index (χ1) is 34.2. The SMILES string of the molecule is COc1ccc([C@H]2Sc3ccccc3N(Cc3ccc(-c4ccccc4C(=O)OC(C)(C)C)cc3)C(=O)[C@@H]2NC(=O)[C@H](Cc2ccc(OP(=O)(O)OCc3ccccc3)cc2)NNC(=O)OC(C)(C)C)cc1. The Morgan fingerprint density at radius 1 is 0.722 bits per heavy atom. The summed E-state index contributed by atoms with van der Waals surface area (Å²) < 4.78 is 40.0. The maximum atomic E-state index is 15.4. The summed E-state index contributed by atoms with van der Waals surface area (Å²) in [6, 6.07) is 42.4. The molecule has 3 amide bonds. The van der Waals surface area contributed by atoms with Gasteiger partial charge in [0.25, 0.3) is 5.91 Å². The van der Waals surface area contributed by atoms with Gasteiger partial charge in [-0.25, -0.2) is 19.6 Å². The third kappa shape index (κ3) is 14.6. The highest BCUT2D eigenvalue weighted by Crippen LogP contribution is 2.47. The normalized spacial score (nSPS) is 16.0. The topological polar surface area (TPSA) is 191 Å². The van der Waals surface area contributed by atoms with E-state index in [2.05, 4.69) is 16.2 Å². The van der Waals surface area contributed by atoms with Gasteiger partial charge in [-0.2, -0.15) is 0 Å². The zero-order valence-electron chi connectivity index (χ0n) is 41.1. The summed E-state index contributed by atoms with van der Waals surface area (Å²) in [6.07, 6.45) is -0.867. The van der Waals surface area contributed by atoms with Crippen molar-refractivity contribution in [2.75, 3.05) is 12.0 Å². The van der Waals surface area contributed by atoms with E-state index in [9.17, 15) is 23.8 Å². The number of para-hydroxylation sites is 1. The first-order valence-corrected chi connectivity index (χ1v) is 25.6. The fourth-order valence-corrected chi connectivity index (χ4v) is 9.79. The first kappa shape index (κ1) is 52.9. The number of nitrogens with zero attached hydrogens (tertiary/aromatic N) is 1. The second kappa shape index (κ2) is 23.1. The lowest BCUT2D eigenvalue weighted by molar-refractivity contribution is -0.129. The summed E-state index contributed by atoms with van der Waals surface area (Å²) >= 11 is 1.43. The number of benzene rings is 6. The maximum Gasteiger partial charge on any atom is 0.527 e. The van der Waals surface area contributed by atoms with E-state index in [4.69, 9.17) is 23.3 Å². The number of thioether (sulfide) groups is 1. The Balaban J connectivity index is 1.18. The summed E-state index contributed by atoms with van der Waals surface area (Å²) in [7, 11) is -2.95. The Morgan fingerprint density at radius 3 is 2.00 bits per heavy atom. The molecule has 7 rings (SSSR count). The molecule has 1 aliphatic rings. The average Bonchev–Trinajstić information content (AvgIpc) is 3.45. The largest absolute Gasteiger partial charge is 0.527 e. The Hall–Kier alpha value is -6.94. The predicted molar refractivity (Wildman–Crippen MR) is 276 cm³/mol. The van der Waals surface area contributed by atoms with Crippen LogP contribution in [0, 0.1) is 0 Å². The first-order valence-electron chi connectivity index (χ1n) is 23.2. The van der Waals surface area contributed by atoms with Crippen LogP contribution in [0.3, 0.4) is 0 Å². The van der Waals surface area contributed by atoms with E-state index < -0.39 is 60.2 Å². The zero-order chi connectivity index (χ0) is 51.6. The van der Waals surface area contributed by atoms with Crippen molar-refractivity contribution in [3.63, 3.8) is 0 Å². The molecule has 0 saturated heterocycles. The van der Waals surface area contributed by atoms with Crippen LogP contribution in [-0.2, 0) is 47.7 Å². The highest BCUT2D eigenvalue weighted by atomic mass is 32.2. The van der Waals surface area contributed by atoms with Gasteiger partial charge in [-0.1, -0.05) is 109 Å². The van der Waals surface area contributed by atoms with Gasteiger partial charge < -0.3 is 29.0 Å². The highest BCUT2D eigenvalue weighted by molar-refractivity contribution is 7.99. The van der Waals surface area contributed by atoms with Crippen LogP contribution in [0.4, 0.5) is 10.5 Å². The van der Waals surface area contributed by atoms with Gasteiger partial charge in [0.15, 0.2) is 0 Å². The number of phosphoric acid groups is 1. The smallest absolute Gasteiger partial charge is 0.497 e. The molecule has 1 heterocycles. The van der Waals surface area contributed by atoms with Crippen LogP contribution in [-0.4, -0.2) is 59.2 Å². The lowest BCUT2D eigenvalue weighted by atomic mass is 9.98. The molecule has 0 aromatic heterocycles. The van der Waals surface area contributed by atoms with Crippen molar-refractivity contribution in [2.24, 2.45) is 0 Å². The van der Waals surface area contributed by atoms with Gasteiger partial charge in [-0.3, -0.25) is 24.4 Å². The summed E-state index contributed by atoms with van der Waals surface area (Å²) in [5, 5.41) is 2.42. The minimum Gasteiger partial charge on any atom is -0.497 e. The van der Waals surface area contributed by atoms with Gasteiger partial charge in [0.2, 0.25) is 5.91 Å². The molecule has 72 heavy (non-hydrogen) atoms. The number of phosphoric ester groups is 1. The number of esters is 1. The molecule has 6 aromatic rings. The van der Waals surface area contributed by atoms with E-state index >= 15 is 4.79 Å². The van der Waals surface area contributed by atoms with Gasteiger partial charge >= 0.3 is 19.9 Å². The van der Waals surface area contributed by atoms with Crippen LogP contribution in [0.15, 0.2) is 157 Å². The minimum absolute atomic E-state index is 0.0300. The number of hydrogen-bond donors (Lipinski definition) is 4. The Morgan fingerprint density at radius 2 is 1.33 bits per heavy atom. The van der Waals surface area contributed by atoms with Crippen LogP contribution < -0.4 is 30.3 Å². The second-order valence-electron chi connectivity index (χ2n) is 18.9. The van der Waals surface area contributed by atoms with E-state index in [1.807, 2.05) is 99.6 Å². The molecule has 0 saturated carbocycles. The van der Waals surface area contributed by atoms with Crippen molar-refractivity contribution in [2.45, 2.75) is 94.5 Å². The van der Waals surface area contributed by atoms with E-state index in [1.165, 1.54) is 23.9 Å². The number of hydrazine groups is 1. The summed E-state index contributed by atoms with van der Waals surface area (Å²) in [4.78, 5) is 69.4. The molecular weight excluding hydrogens is 956 g/mol. The molecule has 17 heteroatoms. The van der Waals surface area contributed by atoms with E-state index in [0.29, 0.717) is 33.7 Å². The Kier molecular flexibility index (Phi) is 16.9. The van der Waals surface area contributed by atoms with Crippen LogP contribution in [0.25, 0.3) is 11.1 Å². The van der Waals surface area contributed by atoms with E-state index in [0.717, 1.165) is 21.6 Å². The molecule has 15 nitrogen and oxygen atoms in total. The molecule has 0 spiro atoms. The Labute approximate surface area is 424 Å². The fourth-order valence-electron chi connectivity index (χ4n) is 7.70. The molecule has 0 fully saturated rings. The van der Waals surface area contributed by atoms with Crippen LogP contribution in [0.5, 0.6) is 11.5 Å². The quantitative estimate of drug-likeness (QED) is 0.0384. The van der Waals surface area contributed by atoms with E-state index in [1.54, 1.807) is 93.4 Å². The number of hydrogen-bond acceptors (Lipinski definition) is 12. The van der Waals surface area contributed by atoms with Gasteiger partial charge in [-0.15, -0.1) is 11.8 Å². The van der Waals surface area contributed by atoms with Gasteiger partial charge in [-0.05, 0) is 124 Å². The summed E-state index contributed by atoms with van der Waals surface area (Å²) in [5.41, 5.74) is 9.11. The molecule has 0 radical (unpaired) electrons. The summed E-state index contributed by atoms with van der Waals surface area (Å²) in [5.74, 6) is -0.810. The molecule has 4 atom stereocenters. The van der Waals surface area contributed by atoms with Crippen molar-refractivity contribution in [1.29, 1.82) is 0 Å². The Bertz CT molecular complexity index is 2890. The molecule has 1 unspecified atom stereocenters. The number of fused-ring (bicyclic) bond motifs is 1. The lowest BCUT2D eigenvalue weighted by Gasteiger charge is -2.30. The molecule has 4 N–H and O–H groups in total.